The number of carbonyl (C=O) groups excluding carboxylic acids is 1. The first-order chi connectivity index (χ1) is 13.1. The molecule has 0 atom stereocenters. The van der Waals surface area contributed by atoms with E-state index in [2.05, 4.69) is 9.97 Å². The summed E-state index contributed by atoms with van der Waals surface area (Å²) in [4.78, 5) is 20.7. The molecule has 0 bridgehead atoms. The van der Waals surface area contributed by atoms with E-state index in [0.717, 1.165) is 6.07 Å². The number of esters is 1. The Bertz CT molecular complexity index is 1160. The van der Waals surface area contributed by atoms with Crippen LogP contribution < -0.4 is 0 Å². The molecule has 134 valence electrons. The molecule has 3 aromatic heterocycles. The molecule has 0 unspecified atom stereocenters. The predicted octanol–water partition coefficient (Wildman–Crippen LogP) is 4.13. The molecule has 4 rings (SSSR count). The van der Waals surface area contributed by atoms with Crippen molar-refractivity contribution in [2.24, 2.45) is 0 Å². The zero-order valence-electron chi connectivity index (χ0n) is 14.2. The van der Waals surface area contributed by atoms with Crippen LogP contribution >= 0.6 is 0 Å². The van der Waals surface area contributed by atoms with Gasteiger partial charge >= 0.3 is 5.97 Å². The standard InChI is InChI=1S/C20H13F2N3O2/c1-27-20(26)18-15(12-4-6-23-7-5-12)11-17(25-9-8-24-19(18)25)14-3-2-13(21)10-16(14)22/h2-11H,1H3. The number of rotatable bonds is 3. The SMILES string of the molecule is COC(=O)c1c(-c2ccncc2)cc(-c2ccc(F)cc2F)n2ccnc12. The van der Waals surface area contributed by atoms with E-state index in [-0.39, 0.29) is 11.1 Å². The fraction of sp³-hybridized carbons (Fsp3) is 0.0500. The normalized spacial score (nSPS) is 10.9. The van der Waals surface area contributed by atoms with Gasteiger partial charge in [-0.3, -0.25) is 9.38 Å². The summed E-state index contributed by atoms with van der Waals surface area (Å²) in [5, 5.41) is 0. The minimum Gasteiger partial charge on any atom is -0.465 e. The maximum atomic E-state index is 14.5. The highest BCUT2D eigenvalue weighted by molar-refractivity contribution is 6.04. The van der Waals surface area contributed by atoms with Crippen LogP contribution in [0.3, 0.4) is 0 Å². The van der Waals surface area contributed by atoms with Crippen LogP contribution in [-0.2, 0) is 4.74 Å². The van der Waals surface area contributed by atoms with Crippen LogP contribution in [0.4, 0.5) is 8.78 Å². The van der Waals surface area contributed by atoms with E-state index in [4.69, 9.17) is 4.74 Å². The lowest BCUT2D eigenvalue weighted by Gasteiger charge is -2.15. The van der Waals surface area contributed by atoms with Gasteiger partial charge in [0.25, 0.3) is 0 Å². The van der Waals surface area contributed by atoms with Crippen LogP contribution in [0.5, 0.6) is 0 Å². The summed E-state index contributed by atoms with van der Waals surface area (Å²) in [6.45, 7) is 0. The van der Waals surface area contributed by atoms with Gasteiger partial charge < -0.3 is 4.74 Å². The third-order valence-corrected chi connectivity index (χ3v) is 4.26. The number of pyridine rings is 2. The summed E-state index contributed by atoms with van der Waals surface area (Å²) in [7, 11) is 1.28. The van der Waals surface area contributed by atoms with Crippen LogP contribution in [-0.4, -0.2) is 27.4 Å². The third kappa shape index (κ3) is 2.83. The maximum absolute atomic E-state index is 14.5. The van der Waals surface area contributed by atoms with Crippen LogP contribution in [0.1, 0.15) is 10.4 Å². The van der Waals surface area contributed by atoms with Crippen molar-refractivity contribution in [1.82, 2.24) is 14.4 Å². The van der Waals surface area contributed by atoms with Crippen LogP contribution in [0.25, 0.3) is 28.0 Å². The average Bonchev–Trinajstić information content (AvgIpc) is 3.17. The van der Waals surface area contributed by atoms with Gasteiger partial charge in [0.15, 0.2) is 5.65 Å². The van der Waals surface area contributed by atoms with Crippen molar-refractivity contribution in [2.45, 2.75) is 0 Å². The summed E-state index contributed by atoms with van der Waals surface area (Å²) in [5.41, 5.74) is 2.39. The number of carbonyl (C=O) groups is 1. The topological polar surface area (TPSA) is 56.5 Å². The van der Waals surface area contributed by atoms with Crippen LogP contribution in [0.2, 0.25) is 0 Å². The Labute approximate surface area is 152 Å². The van der Waals surface area contributed by atoms with E-state index in [1.807, 2.05) is 0 Å². The highest BCUT2D eigenvalue weighted by Crippen LogP contribution is 2.33. The molecule has 0 radical (unpaired) electrons. The molecule has 0 aliphatic heterocycles. The van der Waals surface area contributed by atoms with Crippen molar-refractivity contribution in [3.8, 4) is 22.4 Å². The summed E-state index contributed by atoms with van der Waals surface area (Å²) in [5.74, 6) is -1.95. The van der Waals surface area contributed by atoms with Gasteiger partial charge in [-0.05, 0) is 35.9 Å². The van der Waals surface area contributed by atoms with E-state index >= 15 is 0 Å². The fourth-order valence-corrected chi connectivity index (χ4v) is 3.05. The lowest BCUT2D eigenvalue weighted by atomic mass is 9.98. The number of halogens is 2. The van der Waals surface area contributed by atoms with Crippen molar-refractivity contribution in [3.05, 3.63) is 78.4 Å². The number of ether oxygens (including phenoxy) is 1. The highest BCUT2D eigenvalue weighted by Gasteiger charge is 2.23. The van der Waals surface area contributed by atoms with E-state index in [1.54, 1.807) is 41.2 Å². The average molecular weight is 365 g/mol. The lowest BCUT2D eigenvalue weighted by Crippen LogP contribution is -2.09. The number of hydrogen-bond acceptors (Lipinski definition) is 4. The first-order valence-corrected chi connectivity index (χ1v) is 8.04. The lowest BCUT2D eigenvalue weighted by molar-refractivity contribution is 0.0603. The third-order valence-electron chi connectivity index (χ3n) is 4.26. The van der Waals surface area contributed by atoms with Gasteiger partial charge in [0.1, 0.15) is 17.2 Å². The molecule has 0 aliphatic rings. The Hall–Kier alpha value is -3.61. The fourth-order valence-electron chi connectivity index (χ4n) is 3.05. The molecule has 5 nitrogen and oxygen atoms in total. The number of fused-ring (bicyclic) bond motifs is 1. The highest BCUT2D eigenvalue weighted by atomic mass is 19.1. The van der Waals surface area contributed by atoms with Crippen LogP contribution in [0.15, 0.2) is 61.2 Å². The zero-order chi connectivity index (χ0) is 19.0. The number of aromatic nitrogens is 3. The first-order valence-electron chi connectivity index (χ1n) is 8.04. The number of nitrogens with zero attached hydrogens (tertiary/aromatic N) is 3. The molecular weight excluding hydrogens is 352 g/mol. The molecule has 7 heteroatoms. The molecule has 0 N–H and O–H groups in total. The van der Waals surface area contributed by atoms with E-state index in [1.165, 1.54) is 25.4 Å². The molecule has 3 heterocycles. The number of hydrogen-bond donors (Lipinski definition) is 0. The van der Waals surface area contributed by atoms with Gasteiger partial charge in [0.2, 0.25) is 0 Å². The Kier molecular flexibility index (Phi) is 4.12. The van der Waals surface area contributed by atoms with E-state index in [0.29, 0.717) is 22.5 Å². The second kappa shape index (κ2) is 6.60. The molecule has 0 fully saturated rings. The van der Waals surface area contributed by atoms with Crippen molar-refractivity contribution >= 4 is 11.6 Å². The second-order valence-corrected chi connectivity index (χ2v) is 5.79. The van der Waals surface area contributed by atoms with Gasteiger partial charge in [-0.1, -0.05) is 0 Å². The maximum Gasteiger partial charge on any atom is 0.342 e. The Morgan fingerprint density at radius 2 is 1.81 bits per heavy atom. The molecule has 0 spiro atoms. The Balaban J connectivity index is 2.10. The largest absolute Gasteiger partial charge is 0.465 e. The summed E-state index contributed by atoms with van der Waals surface area (Å²) in [6, 6.07) is 8.47. The van der Waals surface area contributed by atoms with E-state index < -0.39 is 17.6 Å². The summed E-state index contributed by atoms with van der Waals surface area (Å²) >= 11 is 0. The minimum atomic E-state index is -0.712. The number of benzene rings is 1. The van der Waals surface area contributed by atoms with Gasteiger partial charge in [0, 0.05) is 42.0 Å². The molecule has 0 saturated carbocycles. The van der Waals surface area contributed by atoms with E-state index in [9.17, 15) is 13.6 Å². The minimum absolute atomic E-state index is 0.186. The Morgan fingerprint density at radius 3 is 2.52 bits per heavy atom. The second-order valence-electron chi connectivity index (χ2n) is 5.79. The molecule has 0 aliphatic carbocycles. The first kappa shape index (κ1) is 16.8. The van der Waals surface area contributed by atoms with Crippen molar-refractivity contribution in [2.75, 3.05) is 7.11 Å². The smallest absolute Gasteiger partial charge is 0.342 e. The molecule has 1 aromatic carbocycles. The monoisotopic (exact) mass is 365 g/mol. The quantitative estimate of drug-likeness (QED) is 0.512. The predicted molar refractivity (Wildman–Crippen MR) is 95.1 cm³/mol. The Morgan fingerprint density at radius 1 is 1.04 bits per heavy atom. The summed E-state index contributed by atoms with van der Waals surface area (Å²) in [6.07, 6.45) is 6.29. The van der Waals surface area contributed by atoms with Crippen molar-refractivity contribution in [1.29, 1.82) is 0 Å². The number of imidazole rings is 1. The molecule has 27 heavy (non-hydrogen) atoms. The summed E-state index contributed by atoms with van der Waals surface area (Å²) < 4.78 is 34.3. The van der Waals surface area contributed by atoms with Gasteiger partial charge in [-0.25, -0.2) is 18.6 Å². The molecular formula is C20H13F2N3O2. The van der Waals surface area contributed by atoms with Crippen molar-refractivity contribution in [3.63, 3.8) is 0 Å². The molecule has 4 aromatic rings. The van der Waals surface area contributed by atoms with Gasteiger partial charge in [-0.15, -0.1) is 0 Å². The number of methoxy groups -OCH3 is 1. The molecule has 0 amide bonds. The zero-order valence-corrected chi connectivity index (χ0v) is 14.2. The van der Waals surface area contributed by atoms with Gasteiger partial charge in [0.05, 0.1) is 12.8 Å². The van der Waals surface area contributed by atoms with Crippen molar-refractivity contribution < 1.29 is 18.3 Å². The van der Waals surface area contributed by atoms with Crippen LogP contribution in [0, 0.1) is 11.6 Å². The van der Waals surface area contributed by atoms with Gasteiger partial charge in [-0.2, -0.15) is 0 Å². The molecule has 0 saturated heterocycles.